The van der Waals surface area contributed by atoms with Crippen LogP contribution in [-0.2, 0) is 9.59 Å². The van der Waals surface area contributed by atoms with Gasteiger partial charge in [-0.2, -0.15) is 0 Å². The highest BCUT2D eigenvalue weighted by atomic mass is 35.5. The predicted octanol–water partition coefficient (Wildman–Crippen LogP) is 5.95. The minimum absolute atomic E-state index is 0.0893. The highest BCUT2D eigenvalue weighted by Crippen LogP contribution is 2.11. The molecule has 0 aromatic heterocycles. The molecular formula is C22H23ClF2O4. The number of allylic oxidation sites excluding steroid dienone is 3. The van der Waals surface area contributed by atoms with Crippen LogP contribution in [0.15, 0.2) is 71.8 Å². The molecule has 2 aromatic carbocycles. The molecule has 0 bridgehead atoms. The van der Waals surface area contributed by atoms with Crippen molar-refractivity contribution in [3.63, 3.8) is 0 Å². The summed E-state index contributed by atoms with van der Waals surface area (Å²) in [5, 5.41) is 8.19. The number of ether oxygens (including phenoxy) is 1. The fourth-order valence-electron chi connectivity index (χ4n) is 1.55. The molecule has 0 aliphatic rings. The molecule has 0 heterocycles. The number of aromatic hydroxyl groups is 1. The second-order valence-electron chi connectivity index (χ2n) is 6.10. The molecule has 0 atom stereocenters. The third-order valence-corrected chi connectivity index (χ3v) is 2.78. The molecule has 0 fully saturated rings. The molecular weight excluding hydrogens is 402 g/mol. The summed E-state index contributed by atoms with van der Waals surface area (Å²) in [6, 6.07) is 10.3. The summed E-state index contributed by atoms with van der Waals surface area (Å²) in [5.74, 6) is -0.702. The maximum absolute atomic E-state index is 12.5. The number of carbonyl (C=O) groups is 2. The van der Waals surface area contributed by atoms with Crippen LogP contribution in [0.2, 0.25) is 0 Å². The fraction of sp³-hybridized carbons (Fsp3) is 0.182. The van der Waals surface area contributed by atoms with Crippen molar-refractivity contribution in [3.8, 4) is 11.5 Å². The molecule has 0 radical (unpaired) electrons. The lowest BCUT2D eigenvalue weighted by molar-refractivity contribution is -0.129. The van der Waals surface area contributed by atoms with Crippen LogP contribution in [-0.4, -0.2) is 16.3 Å². The van der Waals surface area contributed by atoms with Crippen LogP contribution < -0.4 is 4.74 Å². The molecule has 7 heteroatoms. The number of phenolic OH excluding ortho intramolecular Hbond substituents is 1. The molecule has 0 aliphatic heterocycles. The summed E-state index contributed by atoms with van der Waals surface area (Å²) in [4.78, 5) is 21.1. The Morgan fingerprint density at radius 1 is 0.828 bits per heavy atom. The van der Waals surface area contributed by atoms with Gasteiger partial charge in [0, 0.05) is 6.08 Å². The van der Waals surface area contributed by atoms with Crippen molar-refractivity contribution in [1.29, 1.82) is 0 Å². The Balaban J connectivity index is 0.000000444. The molecule has 0 aliphatic carbocycles. The zero-order chi connectivity index (χ0) is 22.4. The zero-order valence-corrected chi connectivity index (χ0v) is 17.3. The van der Waals surface area contributed by atoms with Crippen molar-refractivity contribution in [2.45, 2.75) is 27.7 Å². The molecule has 0 spiro atoms. The van der Waals surface area contributed by atoms with Crippen molar-refractivity contribution in [3.05, 3.63) is 83.5 Å². The Kier molecular flexibility index (Phi) is 12.6. The normalized spacial score (nSPS) is 8.93. The number of esters is 1. The number of hydrogen-bond acceptors (Lipinski definition) is 4. The van der Waals surface area contributed by atoms with Crippen LogP contribution in [0.1, 0.15) is 27.7 Å². The van der Waals surface area contributed by atoms with Gasteiger partial charge in [0.15, 0.2) is 0 Å². The predicted molar refractivity (Wildman–Crippen MR) is 110 cm³/mol. The second kappa shape index (κ2) is 14.1. The lowest BCUT2D eigenvalue weighted by Crippen LogP contribution is -2.04. The highest BCUT2D eigenvalue weighted by molar-refractivity contribution is 6.66. The third kappa shape index (κ3) is 15.7. The standard InChI is InChI=1S/C11H11FO2.C6H5FO.C5H7ClO/c1-8(2)7-11(13)14-10-5-3-9(12)4-6-10;7-5-1-3-6(8)4-2-5;1-4(2)3-5(6)7/h3-7H,1-2H3;1-4,8H;3H,1-2H3. The van der Waals surface area contributed by atoms with Gasteiger partial charge < -0.3 is 9.84 Å². The van der Waals surface area contributed by atoms with E-state index >= 15 is 0 Å². The van der Waals surface area contributed by atoms with Crippen LogP contribution in [0.25, 0.3) is 0 Å². The Labute approximate surface area is 174 Å². The molecule has 4 nitrogen and oxygen atoms in total. The van der Waals surface area contributed by atoms with E-state index in [0.717, 1.165) is 11.1 Å². The number of carbonyl (C=O) groups excluding carboxylic acids is 2. The van der Waals surface area contributed by atoms with Crippen LogP contribution in [0.3, 0.4) is 0 Å². The first-order valence-electron chi connectivity index (χ1n) is 8.40. The summed E-state index contributed by atoms with van der Waals surface area (Å²) in [6.07, 6.45) is 2.75. The van der Waals surface area contributed by atoms with Crippen molar-refractivity contribution in [2.75, 3.05) is 0 Å². The van der Waals surface area contributed by atoms with E-state index in [1.807, 2.05) is 13.8 Å². The van der Waals surface area contributed by atoms with Gasteiger partial charge >= 0.3 is 5.97 Å². The first-order valence-corrected chi connectivity index (χ1v) is 8.78. The van der Waals surface area contributed by atoms with Crippen LogP contribution in [0.4, 0.5) is 8.78 Å². The average molecular weight is 425 g/mol. The lowest BCUT2D eigenvalue weighted by Gasteiger charge is -2.00. The quantitative estimate of drug-likeness (QED) is 0.286. The summed E-state index contributed by atoms with van der Waals surface area (Å²) >= 11 is 4.96. The van der Waals surface area contributed by atoms with E-state index in [2.05, 4.69) is 0 Å². The second-order valence-corrected chi connectivity index (χ2v) is 6.47. The molecule has 2 rings (SSSR count). The molecule has 156 valence electrons. The smallest absolute Gasteiger partial charge is 0.336 e. The van der Waals surface area contributed by atoms with Gasteiger partial charge in [-0.05, 0) is 93.9 Å². The van der Waals surface area contributed by atoms with Gasteiger partial charge in [0.1, 0.15) is 23.1 Å². The topological polar surface area (TPSA) is 63.6 Å². The van der Waals surface area contributed by atoms with E-state index < -0.39 is 11.2 Å². The molecule has 1 N–H and O–H groups in total. The minimum atomic E-state index is -0.448. The molecule has 0 amide bonds. The number of halogens is 3. The van der Waals surface area contributed by atoms with Crippen LogP contribution in [0, 0.1) is 11.6 Å². The van der Waals surface area contributed by atoms with Gasteiger partial charge in [-0.15, -0.1) is 0 Å². The van der Waals surface area contributed by atoms with Crippen molar-refractivity contribution in [2.24, 2.45) is 0 Å². The third-order valence-electron chi connectivity index (χ3n) is 2.67. The van der Waals surface area contributed by atoms with Crippen molar-refractivity contribution < 1.29 is 28.2 Å². The fourth-order valence-corrected chi connectivity index (χ4v) is 1.77. The van der Waals surface area contributed by atoms with E-state index in [1.165, 1.54) is 60.7 Å². The zero-order valence-electron chi connectivity index (χ0n) is 16.6. The van der Waals surface area contributed by atoms with Crippen molar-refractivity contribution in [1.82, 2.24) is 0 Å². The van der Waals surface area contributed by atoms with E-state index in [4.69, 9.17) is 21.4 Å². The van der Waals surface area contributed by atoms with E-state index in [1.54, 1.807) is 13.8 Å². The Hall–Kier alpha value is -2.99. The largest absolute Gasteiger partial charge is 0.508 e. The Bertz CT molecular complexity index is 813. The first-order chi connectivity index (χ1) is 13.5. The first kappa shape index (κ1) is 26.0. The monoisotopic (exact) mass is 424 g/mol. The number of hydrogen-bond donors (Lipinski definition) is 1. The van der Waals surface area contributed by atoms with Crippen molar-refractivity contribution >= 4 is 22.8 Å². The molecule has 0 saturated heterocycles. The van der Waals surface area contributed by atoms with Gasteiger partial charge in [-0.25, -0.2) is 13.6 Å². The van der Waals surface area contributed by atoms with Gasteiger partial charge in [0.2, 0.25) is 5.24 Å². The molecule has 0 saturated carbocycles. The maximum atomic E-state index is 12.5. The number of rotatable bonds is 3. The maximum Gasteiger partial charge on any atom is 0.336 e. The summed E-state index contributed by atoms with van der Waals surface area (Å²) in [5.41, 5.74) is 1.79. The molecule has 29 heavy (non-hydrogen) atoms. The van der Waals surface area contributed by atoms with Gasteiger partial charge in [0.05, 0.1) is 0 Å². The number of benzene rings is 2. The molecule has 0 unspecified atom stereocenters. The lowest BCUT2D eigenvalue weighted by atomic mass is 10.3. The number of phenols is 1. The average Bonchev–Trinajstić information content (AvgIpc) is 2.59. The molecule has 2 aromatic rings. The summed E-state index contributed by atoms with van der Waals surface area (Å²) < 4.78 is 29.4. The highest BCUT2D eigenvalue weighted by Gasteiger charge is 2.00. The SMILES string of the molecule is CC(C)=CC(=O)Cl.CC(C)=CC(=O)Oc1ccc(F)cc1.Oc1ccc(F)cc1. The summed E-state index contributed by atoms with van der Waals surface area (Å²) in [7, 11) is 0. The Morgan fingerprint density at radius 3 is 1.55 bits per heavy atom. The van der Waals surface area contributed by atoms with Gasteiger partial charge in [-0.3, -0.25) is 4.79 Å². The summed E-state index contributed by atoms with van der Waals surface area (Å²) in [6.45, 7) is 7.23. The van der Waals surface area contributed by atoms with Crippen LogP contribution in [0.5, 0.6) is 11.5 Å². The van der Waals surface area contributed by atoms with Gasteiger partial charge in [0.25, 0.3) is 0 Å². The van der Waals surface area contributed by atoms with Gasteiger partial charge in [-0.1, -0.05) is 11.1 Å². The minimum Gasteiger partial charge on any atom is -0.508 e. The van der Waals surface area contributed by atoms with E-state index in [0.29, 0.717) is 5.75 Å². The van der Waals surface area contributed by atoms with E-state index in [-0.39, 0.29) is 17.4 Å². The van der Waals surface area contributed by atoms with E-state index in [9.17, 15) is 18.4 Å². The Morgan fingerprint density at radius 2 is 1.24 bits per heavy atom. The van der Waals surface area contributed by atoms with Crippen LogP contribution >= 0.6 is 11.6 Å².